The highest BCUT2D eigenvalue weighted by Gasteiger charge is 2.23. The quantitative estimate of drug-likeness (QED) is 0.891. The molecule has 1 saturated heterocycles. The number of amides is 1. The number of benzene rings is 1. The molecule has 1 unspecified atom stereocenters. The summed E-state index contributed by atoms with van der Waals surface area (Å²) in [5.41, 5.74) is 2.55. The van der Waals surface area contributed by atoms with Gasteiger partial charge in [0, 0.05) is 25.3 Å². The van der Waals surface area contributed by atoms with Gasteiger partial charge in [0.1, 0.15) is 0 Å². The lowest BCUT2D eigenvalue weighted by molar-refractivity contribution is 0.169. The van der Waals surface area contributed by atoms with Crippen LogP contribution in [0.3, 0.4) is 0 Å². The van der Waals surface area contributed by atoms with Crippen molar-refractivity contribution in [1.82, 2.24) is 5.32 Å². The lowest BCUT2D eigenvalue weighted by Gasteiger charge is -2.19. The number of alkyl carbamates (subject to hydrolysis) is 1. The van der Waals surface area contributed by atoms with Gasteiger partial charge in [0.25, 0.3) is 0 Å². The molecule has 0 spiro atoms. The van der Waals surface area contributed by atoms with Gasteiger partial charge in [-0.05, 0) is 37.0 Å². The van der Waals surface area contributed by atoms with Crippen LogP contribution >= 0.6 is 0 Å². The Balaban J connectivity index is 1.86. The van der Waals surface area contributed by atoms with Gasteiger partial charge < -0.3 is 15.0 Å². The Morgan fingerprint density at radius 3 is 3.11 bits per heavy atom. The molecule has 0 radical (unpaired) electrons. The minimum atomic E-state index is -0.344. The van der Waals surface area contributed by atoms with Crippen LogP contribution in [0.15, 0.2) is 24.3 Å². The zero-order valence-electron chi connectivity index (χ0n) is 11.0. The molecule has 1 amide bonds. The molecule has 1 N–H and O–H groups in total. The Labute approximate surface area is 108 Å². The van der Waals surface area contributed by atoms with Crippen molar-refractivity contribution in [1.29, 1.82) is 0 Å². The number of ether oxygens (including phenoxy) is 1. The average Bonchev–Trinajstić information content (AvgIpc) is 2.84. The van der Waals surface area contributed by atoms with Crippen molar-refractivity contribution in [3.05, 3.63) is 29.8 Å². The fraction of sp³-hybridized carbons (Fsp3) is 0.500. The number of carbonyl (C=O) groups excluding carboxylic acids is 1. The highest BCUT2D eigenvalue weighted by atomic mass is 16.5. The summed E-state index contributed by atoms with van der Waals surface area (Å²) in [7, 11) is 1.39. The van der Waals surface area contributed by atoms with Gasteiger partial charge in [-0.3, -0.25) is 0 Å². The number of carbonyl (C=O) groups is 1. The summed E-state index contributed by atoms with van der Waals surface area (Å²) in [5, 5.41) is 2.77. The molecule has 0 aromatic heterocycles. The van der Waals surface area contributed by atoms with E-state index in [4.69, 9.17) is 0 Å². The van der Waals surface area contributed by atoms with Gasteiger partial charge in [0.15, 0.2) is 0 Å². The second kappa shape index (κ2) is 5.76. The predicted molar refractivity (Wildman–Crippen MR) is 71.9 cm³/mol. The van der Waals surface area contributed by atoms with Gasteiger partial charge >= 0.3 is 6.09 Å². The van der Waals surface area contributed by atoms with Crippen LogP contribution in [0.4, 0.5) is 10.5 Å². The number of nitrogens with one attached hydrogen (secondary N) is 1. The van der Waals surface area contributed by atoms with Gasteiger partial charge in [-0.1, -0.05) is 12.1 Å². The Morgan fingerprint density at radius 1 is 1.56 bits per heavy atom. The summed E-state index contributed by atoms with van der Waals surface area (Å²) >= 11 is 0. The maximum atomic E-state index is 11.0. The average molecular weight is 248 g/mol. The second-order valence-electron chi connectivity index (χ2n) is 4.81. The number of aryl methyl sites for hydroxylation is 1. The smallest absolute Gasteiger partial charge is 0.406 e. The number of anilines is 1. The SMILES string of the molecule is COC(=O)NCC1CCN(c2cccc(C)c2)C1. The van der Waals surface area contributed by atoms with Crippen LogP contribution in [-0.2, 0) is 4.74 Å². The molecule has 1 aliphatic heterocycles. The molecule has 1 aromatic carbocycles. The van der Waals surface area contributed by atoms with E-state index in [0.29, 0.717) is 12.5 Å². The first-order valence-corrected chi connectivity index (χ1v) is 6.32. The fourth-order valence-corrected chi connectivity index (χ4v) is 2.36. The standard InChI is InChI=1S/C14H20N2O2/c1-11-4-3-5-13(8-11)16-7-6-12(10-16)9-15-14(17)18-2/h3-5,8,12H,6-7,9-10H2,1-2H3,(H,15,17). The number of hydrogen-bond donors (Lipinski definition) is 1. The molecule has 2 rings (SSSR count). The zero-order valence-corrected chi connectivity index (χ0v) is 11.0. The molecule has 0 aliphatic carbocycles. The summed E-state index contributed by atoms with van der Waals surface area (Å²) in [6.07, 6.45) is 0.766. The lowest BCUT2D eigenvalue weighted by Crippen LogP contribution is -2.30. The van der Waals surface area contributed by atoms with Crippen molar-refractivity contribution in [2.24, 2.45) is 5.92 Å². The summed E-state index contributed by atoms with van der Waals surface area (Å²) < 4.78 is 4.57. The second-order valence-corrected chi connectivity index (χ2v) is 4.81. The molecule has 4 nitrogen and oxygen atoms in total. The fourth-order valence-electron chi connectivity index (χ4n) is 2.36. The van der Waals surface area contributed by atoms with E-state index in [1.54, 1.807) is 0 Å². The highest BCUT2D eigenvalue weighted by molar-refractivity contribution is 5.66. The number of hydrogen-bond acceptors (Lipinski definition) is 3. The molecular weight excluding hydrogens is 228 g/mol. The summed E-state index contributed by atoms with van der Waals surface area (Å²) in [6.45, 7) is 4.84. The first-order valence-electron chi connectivity index (χ1n) is 6.32. The Bertz CT molecular complexity index is 420. The molecule has 1 atom stereocenters. The van der Waals surface area contributed by atoms with Crippen molar-refractivity contribution in [3.63, 3.8) is 0 Å². The third-order valence-electron chi connectivity index (χ3n) is 3.37. The van der Waals surface area contributed by atoms with Crippen LogP contribution in [0.25, 0.3) is 0 Å². The van der Waals surface area contributed by atoms with E-state index < -0.39 is 0 Å². The van der Waals surface area contributed by atoms with E-state index in [2.05, 4.69) is 46.1 Å². The van der Waals surface area contributed by atoms with Crippen LogP contribution in [0.1, 0.15) is 12.0 Å². The van der Waals surface area contributed by atoms with Gasteiger partial charge in [-0.2, -0.15) is 0 Å². The third kappa shape index (κ3) is 3.15. The molecule has 1 aliphatic rings. The normalized spacial score (nSPS) is 18.8. The number of methoxy groups -OCH3 is 1. The van der Waals surface area contributed by atoms with E-state index >= 15 is 0 Å². The van der Waals surface area contributed by atoms with Crippen molar-refractivity contribution in [2.75, 3.05) is 31.6 Å². The molecule has 0 saturated carbocycles. The maximum Gasteiger partial charge on any atom is 0.406 e. The highest BCUT2D eigenvalue weighted by Crippen LogP contribution is 2.24. The summed E-state index contributed by atoms with van der Waals surface area (Å²) in [4.78, 5) is 13.4. The molecule has 1 heterocycles. The van der Waals surface area contributed by atoms with Gasteiger partial charge in [-0.15, -0.1) is 0 Å². The van der Waals surface area contributed by atoms with Crippen molar-refractivity contribution >= 4 is 11.8 Å². The van der Waals surface area contributed by atoms with Crippen molar-refractivity contribution < 1.29 is 9.53 Å². The first kappa shape index (κ1) is 12.7. The van der Waals surface area contributed by atoms with Crippen molar-refractivity contribution in [2.45, 2.75) is 13.3 Å². The molecule has 4 heteroatoms. The van der Waals surface area contributed by atoms with Crippen LogP contribution in [0.5, 0.6) is 0 Å². The monoisotopic (exact) mass is 248 g/mol. The van der Waals surface area contributed by atoms with Crippen LogP contribution in [0.2, 0.25) is 0 Å². The van der Waals surface area contributed by atoms with E-state index in [-0.39, 0.29) is 6.09 Å². The van der Waals surface area contributed by atoms with E-state index in [0.717, 1.165) is 19.5 Å². The zero-order chi connectivity index (χ0) is 13.0. The molecular formula is C14H20N2O2. The predicted octanol–water partition coefficient (Wildman–Crippen LogP) is 2.18. The van der Waals surface area contributed by atoms with E-state index in [1.807, 2.05) is 0 Å². The van der Waals surface area contributed by atoms with Crippen LogP contribution < -0.4 is 10.2 Å². The van der Waals surface area contributed by atoms with Crippen LogP contribution in [-0.4, -0.2) is 32.8 Å². The largest absolute Gasteiger partial charge is 0.453 e. The topological polar surface area (TPSA) is 41.6 Å². The molecule has 0 bridgehead atoms. The first-order chi connectivity index (χ1) is 8.69. The molecule has 98 valence electrons. The van der Waals surface area contributed by atoms with E-state index in [1.165, 1.54) is 18.4 Å². The minimum Gasteiger partial charge on any atom is -0.453 e. The van der Waals surface area contributed by atoms with Gasteiger partial charge in [-0.25, -0.2) is 4.79 Å². The minimum absolute atomic E-state index is 0.344. The Kier molecular flexibility index (Phi) is 4.07. The van der Waals surface area contributed by atoms with Crippen LogP contribution in [0, 0.1) is 12.8 Å². The lowest BCUT2D eigenvalue weighted by atomic mass is 10.1. The Morgan fingerprint density at radius 2 is 2.39 bits per heavy atom. The van der Waals surface area contributed by atoms with E-state index in [9.17, 15) is 4.79 Å². The van der Waals surface area contributed by atoms with Gasteiger partial charge in [0.2, 0.25) is 0 Å². The summed E-state index contributed by atoms with van der Waals surface area (Å²) in [5.74, 6) is 0.504. The number of nitrogens with zero attached hydrogens (tertiary/aromatic N) is 1. The Hall–Kier alpha value is -1.71. The maximum absolute atomic E-state index is 11.0. The molecule has 1 aromatic rings. The molecule has 18 heavy (non-hydrogen) atoms. The van der Waals surface area contributed by atoms with Crippen molar-refractivity contribution in [3.8, 4) is 0 Å². The molecule has 1 fully saturated rings. The van der Waals surface area contributed by atoms with Gasteiger partial charge in [0.05, 0.1) is 7.11 Å². The number of rotatable bonds is 3. The third-order valence-corrected chi connectivity index (χ3v) is 3.37. The summed E-state index contributed by atoms with van der Waals surface area (Å²) in [6, 6.07) is 8.54.